The van der Waals surface area contributed by atoms with Crippen LogP contribution in [0, 0.1) is 0 Å². The molecule has 2 fully saturated rings. The first-order chi connectivity index (χ1) is 5.27. The van der Waals surface area contributed by atoms with Gasteiger partial charge in [-0.2, -0.15) is 0 Å². The van der Waals surface area contributed by atoms with Gasteiger partial charge in [0, 0.05) is 7.85 Å². The van der Waals surface area contributed by atoms with Crippen molar-refractivity contribution >= 4 is 45.2 Å². The van der Waals surface area contributed by atoms with Crippen LogP contribution in [-0.2, 0) is 4.74 Å². The van der Waals surface area contributed by atoms with Crippen LogP contribution in [0.5, 0.6) is 0 Å². The van der Waals surface area contributed by atoms with Gasteiger partial charge in [0.2, 0.25) is 0 Å². The van der Waals surface area contributed by atoms with Gasteiger partial charge in [0.1, 0.15) is 0 Å². The van der Waals surface area contributed by atoms with Crippen LogP contribution in [0.2, 0.25) is 0 Å². The molecule has 2 aliphatic rings. The summed E-state index contributed by atoms with van der Waals surface area (Å²) >= 11 is 5.10. The van der Waals surface area contributed by atoms with Gasteiger partial charge < -0.3 is 4.74 Å². The number of alkyl halides is 2. The zero-order valence-corrected chi connectivity index (χ0v) is 10.6. The second-order valence-electron chi connectivity index (χ2n) is 3.40. The molecule has 0 saturated carbocycles. The summed E-state index contributed by atoms with van der Waals surface area (Å²) in [4.78, 5) is 0. The minimum Gasteiger partial charge on any atom is -0.373 e. The Bertz CT molecular complexity index is 135. The lowest BCUT2D eigenvalue weighted by Gasteiger charge is -2.13. The molecule has 11 heavy (non-hydrogen) atoms. The molecule has 0 spiro atoms. The molecule has 3 heteroatoms. The lowest BCUT2D eigenvalue weighted by atomic mass is 10.0. The average molecular weight is 378 g/mol. The Morgan fingerprint density at radius 2 is 1.27 bits per heavy atom. The van der Waals surface area contributed by atoms with E-state index in [4.69, 9.17) is 4.74 Å². The Kier molecular flexibility index (Phi) is 2.99. The van der Waals surface area contributed by atoms with Gasteiger partial charge in [-0.05, 0) is 25.7 Å². The van der Waals surface area contributed by atoms with Crippen molar-refractivity contribution in [2.45, 2.75) is 45.7 Å². The average Bonchev–Trinajstić information content (AvgIpc) is 2.42. The van der Waals surface area contributed by atoms with Crippen molar-refractivity contribution in [2.75, 3.05) is 0 Å². The van der Waals surface area contributed by atoms with E-state index in [9.17, 15) is 0 Å². The summed E-state index contributed by atoms with van der Waals surface area (Å²) in [5.41, 5.74) is 0. The second-order valence-corrected chi connectivity index (χ2v) is 6.60. The fraction of sp³-hybridized carbons (Fsp3) is 1.00. The fourth-order valence-corrected chi connectivity index (χ4v) is 3.69. The molecule has 2 aliphatic heterocycles. The van der Waals surface area contributed by atoms with Crippen molar-refractivity contribution in [1.29, 1.82) is 0 Å². The van der Waals surface area contributed by atoms with Crippen molar-refractivity contribution in [3.05, 3.63) is 0 Å². The molecule has 0 aromatic rings. The molecule has 64 valence electrons. The Balaban J connectivity index is 2.07. The normalized spacial score (nSPS) is 50.7. The molecule has 2 bridgehead atoms. The van der Waals surface area contributed by atoms with Gasteiger partial charge in [-0.15, -0.1) is 0 Å². The summed E-state index contributed by atoms with van der Waals surface area (Å²) < 4.78 is 7.48. The summed E-state index contributed by atoms with van der Waals surface area (Å²) in [6.07, 6.45) is 6.49. The Hall–Kier alpha value is 1.42. The van der Waals surface area contributed by atoms with Crippen LogP contribution in [-0.4, -0.2) is 20.1 Å². The summed E-state index contributed by atoms with van der Waals surface area (Å²) in [6, 6.07) is 0. The topological polar surface area (TPSA) is 9.23 Å². The predicted molar refractivity (Wildman–Crippen MR) is 62.7 cm³/mol. The van der Waals surface area contributed by atoms with E-state index >= 15 is 0 Å². The molecule has 4 unspecified atom stereocenters. The number of fused-ring (bicyclic) bond motifs is 2. The standard InChI is InChI=1S/C8H12I2O/c9-5-1-2-6(10)8-4-3-7(5)11-8/h5-8H,1-4H2. The van der Waals surface area contributed by atoms with E-state index in [0.29, 0.717) is 12.2 Å². The van der Waals surface area contributed by atoms with Crippen LogP contribution in [0.3, 0.4) is 0 Å². The number of rotatable bonds is 0. The Morgan fingerprint density at radius 1 is 0.818 bits per heavy atom. The molecule has 2 heterocycles. The molecular weight excluding hydrogens is 366 g/mol. The number of hydrogen-bond donors (Lipinski definition) is 0. The van der Waals surface area contributed by atoms with E-state index in [1.807, 2.05) is 0 Å². The third-order valence-electron chi connectivity index (χ3n) is 2.61. The van der Waals surface area contributed by atoms with Gasteiger partial charge in [-0.3, -0.25) is 0 Å². The Morgan fingerprint density at radius 3 is 1.73 bits per heavy atom. The van der Waals surface area contributed by atoms with Crippen LogP contribution in [0.25, 0.3) is 0 Å². The first-order valence-corrected chi connectivity index (χ1v) is 6.70. The van der Waals surface area contributed by atoms with E-state index in [2.05, 4.69) is 45.2 Å². The van der Waals surface area contributed by atoms with E-state index in [1.54, 1.807) is 0 Å². The highest BCUT2D eigenvalue weighted by atomic mass is 127. The van der Waals surface area contributed by atoms with E-state index < -0.39 is 0 Å². The van der Waals surface area contributed by atoms with Crippen LogP contribution in [0.1, 0.15) is 25.7 Å². The van der Waals surface area contributed by atoms with Gasteiger partial charge >= 0.3 is 0 Å². The molecule has 4 atom stereocenters. The monoisotopic (exact) mass is 378 g/mol. The third-order valence-corrected chi connectivity index (χ3v) is 5.46. The van der Waals surface area contributed by atoms with Gasteiger partial charge in [0.15, 0.2) is 0 Å². The zero-order valence-electron chi connectivity index (χ0n) is 6.30. The first kappa shape index (κ1) is 8.99. The maximum Gasteiger partial charge on any atom is 0.0697 e. The minimum atomic E-state index is 0.584. The predicted octanol–water partition coefficient (Wildman–Crippen LogP) is 2.94. The summed E-state index contributed by atoms with van der Waals surface area (Å²) in [7, 11) is 0. The van der Waals surface area contributed by atoms with E-state index in [-0.39, 0.29) is 0 Å². The summed E-state index contributed by atoms with van der Waals surface area (Å²) in [5.74, 6) is 0. The van der Waals surface area contributed by atoms with Crippen molar-refractivity contribution < 1.29 is 4.74 Å². The molecule has 0 aliphatic carbocycles. The van der Waals surface area contributed by atoms with Crippen LogP contribution in [0.15, 0.2) is 0 Å². The summed E-state index contributed by atoms with van der Waals surface area (Å²) in [5, 5.41) is 0. The minimum absolute atomic E-state index is 0.584. The number of halogens is 2. The lowest BCUT2D eigenvalue weighted by molar-refractivity contribution is 0.0597. The highest BCUT2D eigenvalue weighted by Gasteiger charge is 2.37. The van der Waals surface area contributed by atoms with Gasteiger partial charge in [0.25, 0.3) is 0 Å². The van der Waals surface area contributed by atoms with Gasteiger partial charge in [0.05, 0.1) is 12.2 Å². The molecule has 0 N–H and O–H groups in total. The van der Waals surface area contributed by atoms with Gasteiger partial charge in [-0.1, -0.05) is 45.2 Å². The van der Waals surface area contributed by atoms with Crippen LogP contribution in [0.4, 0.5) is 0 Å². The maximum absolute atomic E-state index is 5.93. The quantitative estimate of drug-likeness (QED) is 0.466. The fourth-order valence-electron chi connectivity index (χ4n) is 1.91. The van der Waals surface area contributed by atoms with Crippen molar-refractivity contribution in [3.8, 4) is 0 Å². The number of ether oxygens (including phenoxy) is 1. The number of hydrogen-bond acceptors (Lipinski definition) is 1. The molecule has 0 aromatic carbocycles. The highest BCUT2D eigenvalue weighted by Crippen LogP contribution is 2.37. The molecule has 2 saturated heterocycles. The summed E-state index contributed by atoms with van der Waals surface area (Å²) in [6.45, 7) is 0. The molecule has 1 nitrogen and oxygen atoms in total. The smallest absolute Gasteiger partial charge is 0.0697 e. The molecule has 0 amide bonds. The van der Waals surface area contributed by atoms with Crippen molar-refractivity contribution in [1.82, 2.24) is 0 Å². The Labute approximate surface area is 94.9 Å². The SMILES string of the molecule is IC1CCC(I)C2CCC1O2. The largest absolute Gasteiger partial charge is 0.373 e. The molecule has 0 aromatic heterocycles. The van der Waals surface area contributed by atoms with Crippen LogP contribution < -0.4 is 0 Å². The zero-order chi connectivity index (χ0) is 7.84. The van der Waals surface area contributed by atoms with E-state index in [1.165, 1.54) is 25.7 Å². The maximum atomic E-state index is 5.93. The second kappa shape index (κ2) is 3.65. The van der Waals surface area contributed by atoms with E-state index in [0.717, 1.165) is 7.85 Å². The molecular formula is C8H12I2O. The van der Waals surface area contributed by atoms with Crippen molar-refractivity contribution in [2.24, 2.45) is 0 Å². The molecule has 0 radical (unpaired) electrons. The third kappa shape index (κ3) is 1.85. The lowest BCUT2D eigenvalue weighted by Crippen LogP contribution is -2.19. The van der Waals surface area contributed by atoms with Crippen molar-refractivity contribution in [3.63, 3.8) is 0 Å². The molecule has 2 rings (SSSR count). The first-order valence-electron chi connectivity index (χ1n) is 4.21. The van der Waals surface area contributed by atoms with Crippen LogP contribution >= 0.6 is 45.2 Å². The highest BCUT2D eigenvalue weighted by molar-refractivity contribution is 14.1. The van der Waals surface area contributed by atoms with Gasteiger partial charge in [-0.25, -0.2) is 0 Å².